The van der Waals surface area contributed by atoms with E-state index in [1.165, 1.54) is 6.42 Å². The number of carbonyl (C=O) groups excluding carboxylic acids is 1. The molecule has 0 N–H and O–H groups in total. The number of alkyl halides is 1. The van der Waals surface area contributed by atoms with Crippen molar-refractivity contribution < 1.29 is 4.79 Å². The Kier molecular flexibility index (Phi) is 3.87. The van der Waals surface area contributed by atoms with Crippen LogP contribution in [-0.4, -0.2) is 17.3 Å². The first-order chi connectivity index (χ1) is 8.13. The van der Waals surface area contributed by atoms with Gasteiger partial charge in [-0.2, -0.15) is 0 Å². The van der Waals surface area contributed by atoms with E-state index < -0.39 is 0 Å². The number of hydrogen-bond acceptors (Lipinski definition) is 1. The number of carbonyl (C=O) groups is 1. The predicted octanol–water partition coefficient (Wildman–Crippen LogP) is 3.75. The van der Waals surface area contributed by atoms with Crippen molar-refractivity contribution >= 4 is 27.5 Å². The van der Waals surface area contributed by atoms with Crippen LogP contribution in [0.5, 0.6) is 0 Å². The molecule has 1 saturated carbocycles. The molecule has 1 amide bonds. The molecule has 0 unspecified atom stereocenters. The Morgan fingerprint density at radius 2 is 1.76 bits per heavy atom. The summed E-state index contributed by atoms with van der Waals surface area (Å²) >= 11 is 3.67. The van der Waals surface area contributed by atoms with E-state index in [1.54, 1.807) is 4.90 Å². The zero-order chi connectivity index (χ0) is 12.3. The van der Waals surface area contributed by atoms with Crippen LogP contribution in [0.3, 0.4) is 0 Å². The van der Waals surface area contributed by atoms with Gasteiger partial charge in [0.1, 0.15) is 4.32 Å². The van der Waals surface area contributed by atoms with E-state index in [0.29, 0.717) is 0 Å². The van der Waals surface area contributed by atoms with Crippen molar-refractivity contribution in [1.29, 1.82) is 0 Å². The molecule has 0 bridgehead atoms. The molecule has 3 heteroatoms. The molecule has 0 aliphatic heterocycles. The molecule has 0 spiro atoms. The lowest BCUT2D eigenvalue weighted by Crippen LogP contribution is -2.44. The summed E-state index contributed by atoms with van der Waals surface area (Å²) in [7, 11) is 1.86. The normalized spacial score (nSPS) is 18.7. The Labute approximate surface area is 111 Å². The van der Waals surface area contributed by atoms with E-state index >= 15 is 0 Å². The summed E-state index contributed by atoms with van der Waals surface area (Å²) in [6.45, 7) is 0. The van der Waals surface area contributed by atoms with Gasteiger partial charge in [0.05, 0.1) is 0 Å². The first-order valence-corrected chi connectivity index (χ1v) is 6.95. The largest absolute Gasteiger partial charge is 0.314 e. The van der Waals surface area contributed by atoms with Crippen LogP contribution in [-0.2, 0) is 4.79 Å². The minimum absolute atomic E-state index is 0.184. The van der Waals surface area contributed by atoms with Gasteiger partial charge < -0.3 is 4.90 Å². The highest BCUT2D eigenvalue weighted by Crippen LogP contribution is 2.38. The molecule has 1 aliphatic rings. The molecule has 1 aromatic rings. The quantitative estimate of drug-likeness (QED) is 0.761. The number of rotatable bonds is 2. The maximum Gasteiger partial charge on any atom is 0.243 e. The van der Waals surface area contributed by atoms with Gasteiger partial charge in [-0.05, 0) is 25.0 Å². The molecule has 0 atom stereocenters. The molecular formula is C14H18BrNO. The lowest BCUT2D eigenvalue weighted by atomic mass is 9.88. The van der Waals surface area contributed by atoms with Crippen molar-refractivity contribution in [2.75, 3.05) is 11.9 Å². The fourth-order valence-electron chi connectivity index (χ4n) is 2.40. The molecule has 17 heavy (non-hydrogen) atoms. The number of nitrogens with zero attached hydrogens (tertiary/aromatic N) is 1. The summed E-state index contributed by atoms with van der Waals surface area (Å²) in [5.41, 5.74) is 0.960. The van der Waals surface area contributed by atoms with Crippen molar-refractivity contribution in [3.8, 4) is 0 Å². The van der Waals surface area contributed by atoms with Gasteiger partial charge in [0.15, 0.2) is 0 Å². The number of benzene rings is 1. The Balaban J connectivity index is 2.14. The molecule has 0 saturated heterocycles. The fourth-order valence-corrected chi connectivity index (χ4v) is 3.22. The molecule has 2 rings (SSSR count). The molecular weight excluding hydrogens is 278 g/mol. The van der Waals surface area contributed by atoms with Crippen LogP contribution in [0.2, 0.25) is 0 Å². The Hall–Kier alpha value is -0.830. The van der Waals surface area contributed by atoms with Gasteiger partial charge in [-0.1, -0.05) is 53.4 Å². The second-order valence-electron chi connectivity index (χ2n) is 4.73. The third-order valence-electron chi connectivity index (χ3n) is 3.48. The van der Waals surface area contributed by atoms with Crippen LogP contribution in [0.25, 0.3) is 0 Å². The molecule has 1 aliphatic carbocycles. The first-order valence-electron chi connectivity index (χ1n) is 6.16. The molecule has 2 nitrogen and oxygen atoms in total. The minimum atomic E-state index is -0.337. The molecule has 1 aromatic carbocycles. The van der Waals surface area contributed by atoms with Crippen LogP contribution < -0.4 is 4.90 Å². The molecule has 92 valence electrons. The van der Waals surface area contributed by atoms with E-state index in [2.05, 4.69) is 15.9 Å². The van der Waals surface area contributed by atoms with Gasteiger partial charge in [0, 0.05) is 12.7 Å². The fraction of sp³-hybridized carbons (Fsp3) is 0.500. The minimum Gasteiger partial charge on any atom is -0.314 e. The summed E-state index contributed by atoms with van der Waals surface area (Å²) in [6, 6.07) is 9.82. The van der Waals surface area contributed by atoms with E-state index in [9.17, 15) is 4.79 Å². The SMILES string of the molecule is CN(C(=O)C1(Br)CCCCC1)c1ccccc1. The van der Waals surface area contributed by atoms with Crippen LogP contribution in [0, 0.1) is 0 Å². The van der Waals surface area contributed by atoms with Crippen LogP contribution in [0.4, 0.5) is 5.69 Å². The number of para-hydroxylation sites is 1. The number of amides is 1. The number of hydrogen-bond donors (Lipinski definition) is 0. The zero-order valence-electron chi connectivity index (χ0n) is 10.2. The van der Waals surface area contributed by atoms with Crippen LogP contribution >= 0.6 is 15.9 Å². The number of halogens is 1. The maximum atomic E-state index is 12.5. The lowest BCUT2D eigenvalue weighted by Gasteiger charge is -2.33. The van der Waals surface area contributed by atoms with Gasteiger partial charge in [0.2, 0.25) is 5.91 Å². The molecule has 1 fully saturated rings. The topological polar surface area (TPSA) is 20.3 Å². The Morgan fingerprint density at radius 1 is 1.18 bits per heavy atom. The second-order valence-corrected chi connectivity index (χ2v) is 6.24. The zero-order valence-corrected chi connectivity index (χ0v) is 11.7. The van der Waals surface area contributed by atoms with Crippen molar-refractivity contribution in [1.82, 2.24) is 0 Å². The monoisotopic (exact) mass is 295 g/mol. The third-order valence-corrected chi connectivity index (χ3v) is 4.61. The highest BCUT2D eigenvalue weighted by atomic mass is 79.9. The summed E-state index contributed by atoms with van der Waals surface area (Å²) in [6.07, 6.45) is 5.42. The summed E-state index contributed by atoms with van der Waals surface area (Å²) in [5.74, 6) is 0.184. The van der Waals surface area contributed by atoms with Gasteiger partial charge in [0.25, 0.3) is 0 Å². The van der Waals surface area contributed by atoms with E-state index in [-0.39, 0.29) is 10.2 Å². The summed E-state index contributed by atoms with van der Waals surface area (Å²) < 4.78 is -0.337. The Morgan fingerprint density at radius 3 is 2.35 bits per heavy atom. The van der Waals surface area contributed by atoms with Crippen molar-refractivity contribution in [2.45, 2.75) is 36.4 Å². The highest BCUT2D eigenvalue weighted by molar-refractivity contribution is 9.10. The summed E-state index contributed by atoms with van der Waals surface area (Å²) in [5, 5.41) is 0. The predicted molar refractivity (Wildman–Crippen MR) is 74.6 cm³/mol. The standard InChI is InChI=1S/C14H18BrNO/c1-16(12-8-4-2-5-9-12)13(17)14(15)10-6-3-7-11-14/h2,4-5,8-9H,3,6-7,10-11H2,1H3. The van der Waals surface area contributed by atoms with E-state index in [4.69, 9.17) is 0 Å². The first kappa shape index (κ1) is 12.6. The van der Waals surface area contributed by atoms with E-state index in [1.807, 2.05) is 37.4 Å². The van der Waals surface area contributed by atoms with Gasteiger partial charge in [-0.25, -0.2) is 0 Å². The van der Waals surface area contributed by atoms with Crippen LogP contribution in [0.1, 0.15) is 32.1 Å². The Bertz CT molecular complexity index is 384. The third kappa shape index (κ3) is 2.71. The van der Waals surface area contributed by atoms with Crippen molar-refractivity contribution in [2.24, 2.45) is 0 Å². The smallest absolute Gasteiger partial charge is 0.243 e. The average molecular weight is 296 g/mol. The van der Waals surface area contributed by atoms with Gasteiger partial charge >= 0.3 is 0 Å². The number of anilines is 1. The molecule has 0 aromatic heterocycles. The lowest BCUT2D eigenvalue weighted by molar-refractivity contribution is -0.121. The maximum absolute atomic E-state index is 12.5. The highest BCUT2D eigenvalue weighted by Gasteiger charge is 2.38. The van der Waals surface area contributed by atoms with Crippen LogP contribution in [0.15, 0.2) is 30.3 Å². The second kappa shape index (κ2) is 5.21. The molecule has 0 heterocycles. The summed E-state index contributed by atoms with van der Waals surface area (Å²) in [4.78, 5) is 14.3. The van der Waals surface area contributed by atoms with Crippen molar-refractivity contribution in [3.05, 3.63) is 30.3 Å². The van der Waals surface area contributed by atoms with E-state index in [0.717, 1.165) is 31.4 Å². The van der Waals surface area contributed by atoms with Crippen molar-refractivity contribution in [3.63, 3.8) is 0 Å². The molecule has 0 radical (unpaired) electrons. The van der Waals surface area contributed by atoms with Gasteiger partial charge in [-0.3, -0.25) is 4.79 Å². The van der Waals surface area contributed by atoms with Gasteiger partial charge in [-0.15, -0.1) is 0 Å². The average Bonchev–Trinajstić information content (AvgIpc) is 2.39.